The molecule has 3 N–H and O–H groups in total. The number of amides is 2. The minimum atomic E-state index is -0.313. The summed E-state index contributed by atoms with van der Waals surface area (Å²) in [5.74, 6) is -0.732. The summed E-state index contributed by atoms with van der Waals surface area (Å²) in [6, 6.07) is 18.6. The molecule has 0 heterocycles. The van der Waals surface area contributed by atoms with Crippen LogP contribution in [0.5, 0.6) is 0 Å². The second-order valence-electron chi connectivity index (χ2n) is 7.11. The molecule has 0 spiro atoms. The van der Waals surface area contributed by atoms with Crippen molar-refractivity contribution in [1.29, 1.82) is 0 Å². The number of nitrogens with one attached hydrogen (secondary N) is 3. The van der Waals surface area contributed by atoms with Gasteiger partial charge >= 0.3 is 0 Å². The van der Waals surface area contributed by atoms with Gasteiger partial charge in [-0.25, -0.2) is 4.39 Å². The molecule has 30 heavy (non-hydrogen) atoms. The lowest BCUT2D eigenvalue weighted by Gasteiger charge is -2.11. The maximum Gasteiger partial charge on any atom is 0.251 e. The molecule has 0 aliphatic rings. The van der Waals surface area contributed by atoms with Gasteiger partial charge in [0.05, 0.1) is 6.54 Å². The maximum absolute atomic E-state index is 12.9. The van der Waals surface area contributed by atoms with Gasteiger partial charge in [0, 0.05) is 23.5 Å². The number of halogens is 1. The van der Waals surface area contributed by atoms with Crippen LogP contribution in [-0.2, 0) is 11.3 Å². The highest BCUT2D eigenvalue weighted by atomic mass is 19.1. The molecule has 0 atom stereocenters. The fourth-order valence-electron chi connectivity index (χ4n) is 2.98. The van der Waals surface area contributed by atoms with Gasteiger partial charge in [-0.2, -0.15) is 0 Å². The smallest absolute Gasteiger partial charge is 0.251 e. The van der Waals surface area contributed by atoms with Crippen molar-refractivity contribution in [1.82, 2.24) is 5.32 Å². The van der Waals surface area contributed by atoms with Gasteiger partial charge in [0.15, 0.2) is 0 Å². The van der Waals surface area contributed by atoms with Gasteiger partial charge < -0.3 is 16.0 Å². The molecule has 0 radical (unpaired) electrons. The largest absolute Gasteiger partial charge is 0.376 e. The Kier molecular flexibility index (Phi) is 6.80. The monoisotopic (exact) mass is 405 g/mol. The molecule has 0 saturated carbocycles. The fourth-order valence-corrected chi connectivity index (χ4v) is 2.98. The standard InChI is InChI=1S/C24H24FN3O2/c1-16-3-12-22(17(2)13-16)26-15-23(29)28-21-10-6-19(7-11-21)24(30)27-14-18-4-8-20(25)9-5-18/h3-13,26H,14-15H2,1-2H3,(H,27,30)(H,28,29). The third-order valence-corrected chi connectivity index (χ3v) is 4.62. The van der Waals surface area contributed by atoms with Crippen molar-refractivity contribution in [3.63, 3.8) is 0 Å². The molecule has 3 aromatic carbocycles. The van der Waals surface area contributed by atoms with Crippen LogP contribution >= 0.6 is 0 Å². The Morgan fingerprint density at radius 2 is 1.60 bits per heavy atom. The van der Waals surface area contributed by atoms with Gasteiger partial charge in [0.2, 0.25) is 5.91 Å². The fraction of sp³-hybridized carbons (Fsp3) is 0.167. The van der Waals surface area contributed by atoms with Crippen LogP contribution in [0.25, 0.3) is 0 Å². The molecule has 3 rings (SSSR count). The lowest BCUT2D eigenvalue weighted by Crippen LogP contribution is -2.23. The van der Waals surface area contributed by atoms with Gasteiger partial charge in [0.25, 0.3) is 5.91 Å². The van der Waals surface area contributed by atoms with Crippen LogP contribution in [0.1, 0.15) is 27.0 Å². The molecule has 0 saturated heterocycles. The molecule has 6 heteroatoms. The molecule has 0 bridgehead atoms. The predicted molar refractivity (Wildman–Crippen MR) is 117 cm³/mol. The Bertz CT molecular complexity index is 1030. The van der Waals surface area contributed by atoms with Crippen LogP contribution in [0.3, 0.4) is 0 Å². The Morgan fingerprint density at radius 1 is 0.900 bits per heavy atom. The zero-order valence-electron chi connectivity index (χ0n) is 17.0. The summed E-state index contributed by atoms with van der Waals surface area (Å²) in [6.45, 7) is 4.47. The second kappa shape index (κ2) is 9.69. The minimum absolute atomic E-state index is 0.143. The first-order chi connectivity index (χ1) is 14.4. The topological polar surface area (TPSA) is 70.2 Å². The molecular formula is C24H24FN3O2. The summed E-state index contributed by atoms with van der Waals surface area (Å²) in [5.41, 5.74) is 5.07. The van der Waals surface area contributed by atoms with Gasteiger partial charge in [-0.1, -0.05) is 29.8 Å². The summed E-state index contributed by atoms with van der Waals surface area (Å²) in [4.78, 5) is 24.4. The average Bonchev–Trinajstić information content (AvgIpc) is 2.73. The lowest BCUT2D eigenvalue weighted by molar-refractivity contribution is -0.114. The minimum Gasteiger partial charge on any atom is -0.376 e. The van der Waals surface area contributed by atoms with E-state index in [0.29, 0.717) is 17.8 Å². The van der Waals surface area contributed by atoms with E-state index in [-0.39, 0.29) is 24.2 Å². The van der Waals surface area contributed by atoms with E-state index in [9.17, 15) is 14.0 Å². The number of benzene rings is 3. The predicted octanol–water partition coefficient (Wildman–Crippen LogP) is 4.42. The molecule has 154 valence electrons. The lowest BCUT2D eigenvalue weighted by atomic mass is 10.1. The van der Waals surface area contributed by atoms with Crippen molar-refractivity contribution in [2.24, 2.45) is 0 Å². The van der Waals surface area contributed by atoms with Crippen LogP contribution in [0.4, 0.5) is 15.8 Å². The summed E-state index contributed by atoms with van der Waals surface area (Å²) in [6.07, 6.45) is 0. The van der Waals surface area contributed by atoms with Crippen LogP contribution in [0.15, 0.2) is 66.7 Å². The Balaban J connectivity index is 1.48. The zero-order chi connectivity index (χ0) is 21.5. The molecule has 0 unspecified atom stereocenters. The highest BCUT2D eigenvalue weighted by Gasteiger charge is 2.08. The summed E-state index contributed by atoms with van der Waals surface area (Å²) in [7, 11) is 0. The van der Waals surface area contributed by atoms with E-state index < -0.39 is 0 Å². The Labute approximate surface area is 175 Å². The van der Waals surface area contributed by atoms with Crippen molar-refractivity contribution < 1.29 is 14.0 Å². The number of hydrogen-bond donors (Lipinski definition) is 3. The first-order valence-electron chi connectivity index (χ1n) is 9.64. The molecule has 0 aromatic heterocycles. The van der Waals surface area contributed by atoms with Crippen LogP contribution in [0.2, 0.25) is 0 Å². The first kappa shape index (κ1) is 21.0. The van der Waals surface area contributed by atoms with E-state index in [4.69, 9.17) is 0 Å². The van der Waals surface area contributed by atoms with Gasteiger partial charge in [-0.3, -0.25) is 9.59 Å². The molecule has 0 aliphatic heterocycles. The van der Waals surface area contributed by atoms with Crippen molar-refractivity contribution in [2.75, 3.05) is 17.2 Å². The van der Waals surface area contributed by atoms with Crippen LogP contribution in [-0.4, -0.2) is 18.4 Å². The highest BCUT2D eigenvalue weighted by Crippen LogP contribution is 2.16. The summed E-state index contributed by atoms with van der Waals surface area (Å²) in [5, 5.41) is 8.71. The summed E-state index contributed by atoms with van der Waals surface area (Å²) < 4.78 is 12.9. The number of aryl methyl sites for hydroxylation is 2. The van der Waals surface area contributed by atoms with Crippen molar-refractivity contribution in [3.05, 3.63) is 94.8 Å². The second-order valence-corrected chi connectivity index (χ2v) is 7.11. The number of anilines is 2. The molecule has 3 aromatic rings. The quantitative estimate of drug-likeness (QED) is 0.545. The van der Waals surface area contributed by atoms with E-state index >= 15 is 0 Å². The van der Waals surface area contributed by atoms with Gasteiger partial charge in [-0.05, 0) is 67.4 Å². The van der Waals surface area contributed by atoms with E-state index in [1.165, 1.54) is 17.7 Å². The first-order valence-corrected chi connectivity index (χ1v) is 9.64. The Hall–Kier alpha value is -3.67. The van der Waals surface area contributed by atoms with Gasteiger partial charge in [0.1, 0.15) is 5.82 Å². The summed E-state index contributed by atoms with van der Waals surface area (Å²) >= 11 is 0. The third kappa shape index (κ3) is 5.91. The number of carbonyl (C=O) groups is 2. The van der Waals surface area contributed by atoms with Gasteiger partial charge in [-0.15, -0.1) is 0 Å². The maximum atomic E-state index is 12.9. The number of carbonyl (C=O) groups excluding carboxylic acids is 2. The zero-order valence-corrected chi connectivity index (χ0v) is 17.0. The van der Waals surface area contributed by atoms with Crippen LogP contribution < -0.4 is 16.0 Å². The normalized spacial score (nSPS) is 10.4. The average molecular weight is 405 g/mol. The van der Waals surface area contributed by atoms with Crippen molar-refractivity contribution in [2.45, 2.75) is 20.4 Å². The van der Waals surface area contributed by atoms with Crippen LogP contribution in [0, 0.1) is 19.7 Å². The molecular weight excluding hydrogens is 381 g/mol. The molecule has 5 nitrogen and oxygen atoms in total. The number of hydrogen-bond acceptors (Lipinski definition) is 3. The van der Waals surface area contributed by atoms with Crippen molar-refractivity contribution in [3.8, 4) is 0 Å². The molecule has 0 aliphatic carbocycles. The van der Waals surface area contributed by atoms with E-state index in [0.717, 1.165) is 16.8 Å². The van der Waals surface area contributed by atoms with Crippen molar-refractivity contribution >= 4 is 23.2 Å². The van der Waals surface area contributed by atoms with E-state index in [2.05, 4.69) is 22.0 Å². The van der Waals surface area contributed by atoms with E-state index in [1.807, 2.05) is 26.0 Å². The SMILES string of the molecule is Cc1ccc(NCC(=O)Nc2ccc(C(=O)NCc3ccc(F)cc3)cc2)c(C)c1. The van der Waals surface area contributed by atoms with E-state index in [1.54, 1.807) is 36.4 Å². The number of rotatable bonds is 7. The highest BCUT2D eigenvalue weighted by molar-refractivity contribution is 5.96. The Morgan fingerprint density at radius 3 is 2.27 bits per heavy atom. The molecule has 0 fully saturated rings. The third-order valence-electron chi connectivity index (χ3n) is 4.62. The molecule has 2 amide bonds.